The molecule has 0 spiro atoms. The fourth-order valence-corrected chi connectivity index (χ4v) is 2.67. The average Bonchev–Trinajstić information content (AvgIpc) is 2.59. The molecule has 0 saturated heterocycles. The van der Waals surface area contributed by atoms with Gasteiger partial charge >= 0.3 is 0 Å². The van der Waals surface area contributed by atoms with Crippen molar-refractivity contribution in [1.29, 1.82) is 0 Å². The zero-order valence-corrected chi connectivity index (χ0v) is 13.5. The van der Waals surface area contributed by atoms with Crippen LogP contribution >= 0.6 is 11.6 Å². The maximum atomic E-state index is 12.6. The van der Waals surface area contributed by atoms with Crippen molar-refractivity contribution in [2.75, 3.05) is 19.7 Å². The Morgan fingerprint density at radius 3 is 2.83 bits per heavy atom. The molecule has 1 amide bonds. The molecule has 0 bridgehead atoms. The predicted octanol–water partition coefficient (Wildman–Crippen LogP) is 3.04. The quantitative estimate of drug-likeness (QED) is 0.808. The van der Waals surface area contributed by atoms with Crippen LogP contribution in [0.4, 0.5) is 0 Å². The number of hydrogen-bond acceptors (Lipinski definition) is 4. The lowest BCUT2D eigenvalue weighted by molar-refractivity contribution is 0.0475. The molecule has 3 rings (SSSR count). The first-order valence-corrected chi connectivity index (χ1v) is 7.85. The molecule has 6 heteroatoms. The topological polar surface area (TPSA) is 51.7 Å². The van der Waals surface area contributed by atoms with Gasteiger partial charge in [0.1, 0.15) is 11.8 Å². The molecule has 0 unspecified atom stereocenters. The summed E-state index contributed by atoms with van der Waals surface area (Å²) in [5.74, 6) is 1.27. The molecule has 0 radical (unpaired) electrons. The summed E-state index contributed by atoms with van der Waals surface area (Å²) in [5.41, 5.74) is 0.396. The van der Waals surface area contributed by atoms with Crippen molar-refractivity contribution >= 4 is 17.5 Å². The van der Waals surface area contributed by atoms with Crippen LogP contribution in [-0.4, -0.2) is 41.6 Å². The van der Waals surface area contributed by atoms with E-state index in [0.29, 0.717) is 31.0 Å². The van der Waals surface area contributed by atoms with E-state index in [1.807, 2.05) is 31.2 Å². The molecule has 1 aromatic heterocycles. The molecule has 0 fully saturated rings. The molecule has 1 atom stereocenters. The van der Waals surface area contributed by atoms with Gasteiger partial charge in [-0.1, -0.05) is 23.7 Å². The van der Waals surface area contributed by atoms with Gasteiger partial charge in [-0.25, -0.2) is 4.98 Å². The first-order chi connectivity index (χ1) is 11.2. The summed E-state index contributed by atoms with van der Waals surface area (Å²) in [6, 6.07) is 10.9. The molecule has 5 nitrogen and oxygen atoms in total. The van der Waals surface area contributed by atoms with Gasteiger partial charge < -0.3 is 14.4 Å². The van der Waals surface area contributed by atoms with E-state index in [2.05, 4.69) is 4.98 Å². The van der Waals surface area contributed by atoms with Gasteiger partial charge in [-0.3, -0.25) is 4.79 Å². The number of halogens is 1. The zero-order chi connectivity index (χ0) is 16.2. The number of pyridine rings is 1. The number of para-hydroxylation sites is 2. The summed E-state index contributed by atoms with van der Waals surface area (Å²) in [5, 5.41) is 0.210. The van der Waals surface area contributed by atoms with Crippen molar-refractivity contribution in [2.24, 2.45) is 0 Å². The molecule has 0 saturated carbocycles. The van der Waals surface area contributed by atoms with Gasteiger partial charge in [0.15, 0.2) is 17.6 Å². The summed E-state index contributed by atoms with van der Waals surface area (Å²) in [6.07, 6.45) is 1.34. The van der Waals surface area contributed by atoms with Crippen LogP contribution < -0.4 is 9.47 Å². The van der Waals surface area contributed by atoms with Crippen LogP contribution in [0.25, 0.3) is 0 Å². The summed E-state index contributed by atoms with van der Waals surface area (Å²) >= 11 is 6.02. The van der Waals surface area contributed by atoms with Gasteiger partial charge in [0.2, 0.25) is 0 Å². The Kier molecular flexibility index (Phi) is 4.67. The predicted molar refractivity (Wildman–Crippen MR) is 87.2 cm³/mol. The SMILES string of the molecule is CCN(C[C@H]1COc2ccccc2O1)C(=O)c1cccnc1Cl. The first kappa shape index (κ1) is 15.6. The Morgan fingerprint density at radius 1 is 1.30 bits per heavy atom. The number of rotatable bonds is 4. The van der Waals surface area contributed by atoms with Crippen LogP contribution in [0.3, 0.4) is 0 Å². The Morgan fingerprint density at radius 2 is 2.09 bits per heavy atom. The van der Waals surface area contributed by atoms with E-state index in [-0.39, 0.29) is 17.2 Å². The second-order valence-corrected chi connectivity index (χ2v) is 5.54. The number of likely N-dealkylation sites (N-methyl/N-ethyl adjacent to an activating group) is 1. The van der Waals surface area contributed by atoms with Gasteiger partial charge in [-0.15, -0.1) is 0 Å². The van der Waals surface area contributed by atoms with E-state index in [4.69, 9.17) is 21.1 Å². The third-order valence-corrected chi connectivity index (χ3v) is 3.95. The second kappa shape index (κ2) is 6.87. The van der Waals surface area contributed by atoms with E-state index in [1.54, 1.807) is 23.2 Å². The van der Waals surface area contributed by atoms with Crippen molar-refractivity contribution in [2.45, 2.75) is 13.0 Å². The van der Waals surface area contributed by atoms with Gasteiger partial charge in [0, 0.05) is 12.7 Å². The van der Waals surface area contributed by atoms with Gasteiger partial charge in [0.25, 0.3) is 5.91 Å². The molecule has 0 N–H and O–H groups in total. The van der Waals surface area contributed by atoms with E-state index in [0.717, 1.165) is 5.75 Å². The molecule has 2 heterocycles. The molecule has 120 valence electrons. The number of hydrogen-bond donors (Lipinski definition) is 0. The average molecular weight is 333 g/mol. The van der Waals surface area contributed by atoms with Gasteiger partial charge in [0.05, 0.1) is 12.1 Å². The smallest absolute Gasteiger partial charge is 0.257 e. The molecule has 1 aliphatic rings. The molecular formula is C17H17ClN2O3. The number of ether oxygens (including phenoxy) is 2. The third kappa shape index (κ3) is 3.40. The highest BCUT2D eigenvalue weighted by Crippen LogP contribution is 2.31. The number of carbonyl (C=O) groups excluding carboxylic acids is 1. The Balaban J connectivity index is 1.71. The maximum absolute atomic E-state index is 12.6. The normalized spacial score (nSPS) is 16.0. The van der Waals surface area contributed by atoms with Crippen LogP contribution in [0, 0.1) is 0 Å². The van der Waals surface area contributed by atoms with E-state index in [1.165, 1.54) is 0 Å². The Bertz CT molecular complexity index is 708. The summed E-state index contributed by atoms with van der Waals surface area (Å²) in [7, 11) is 0. The van der Waals surface area contributed by atoms with Crippen LogP contribution in [0.15, 0.2) is 42.6 Å². The molecular weight excluding hydrogens is 316 g/mol. The molecule has 2 aromatic rings. The number of nitrogens with zero attached hydrogens (tertiary/aromatic N) is 2. The molecule has 1 aliphatic heterocycles. The number of aromatic nitrogens is 1. The van der Waals surface area contributed by atoms with Crippen molar-refractivity contribution in [3.8, 4) is 11.5 Å². The lowest BCUT2D eigenvalue weighted by Gasteiger charge is -2.31. The van der Waals surface area contributed by atoms with Crippen LogP contribution in [-0.2, 0) is 0 Å². The second-order valence-electron chi connectivity index (χ2n) is 5.18. The number of carbonyl (C=O) groups is 1. The number of amides is 1. The van der Waals surface area contributed by atoms with Crippen molar-refractivity contribution in [3.05, 3.63) is 53.3 Å². The van der Waals surface area contributed by atoms with Gasteiger partial charge in [-0.2, -0.15) is 0 Å². The van der Waals surface area contributed by atoms with Crippen LogP contribution in [0.5, 0.6) is 11.5 Å². The highest BCUT2D eigenvalue weighted by atomic mass is 35.5. The standard InChI is InChI=1S/C17H17ClN2O3/c1-2-20(17(21)13-6-5-9-19-16(13)18)10-12-11-22-14-7-3-4-8-15(14)23-12/h3-9,12H,2,10-11H2,1H3/t12-/m0/s1. The molecule has 0 aliphatic carbocycles. The van der Waals surface area contributed by atoms with Crippen molar-refractivity contribution in [3.63, 3.8) is 0 Å². The minimum atomic E-state index is -0.218. The zero-order valence-electron chi connectivity index (χ0n) is 12.7. The fourth-order valence-electron chi connectivity index (χ4n) is 2.47. The van der Waals surface area contributed by atoms with Crippen molar-refractivity contribution < 1.29 is 14.3 Å². The van der Waals surface area contributed by atoms with E-state index in [9.17, 15) is 4.79 Å². The summed E-state index contributed by atoms with van der Waals surface area (Å²) in [4.78, 5) is 18.3. The Hall–Kier alpha value is -2.27. The minimum absolute atomic E-state index is 0.159. The number of fused-ring (bicyclic) bond motifs is 1. The van der Waals surface area contributed by atoms with E-state index < -0.39 is 0 Å². The minimum Gasteiger partial charge on any atom is -0.486 e. The fraction of sp³-hybridized carbons (Fsp3) is 0.294. The highest BCUT2D eigenvalue weighted by Gasteiger charge is 2.26. The third-order valence-electron chi connectivity index (χ3n) is 3.65. The largest absolute Gasteiger partial charge is 0.486 e. The summed E-state index contributed by atoms with van der Waals surface area (Å²) < 4.78 is 11.6. The molecule has 23 heavy (non-hydrogen) atoms. The lowest BCUT2D eigenvalue weighted by atomic mass is 10.2. The monoisotopic (exact) mass is 332 g/mol. The lowest BCUT2D eigenvalue weighted by Crippen LogP contribution is -2.43. The Labute approximate surface area is 139 Å². The summed E-state index contributed by atoms with van der Waals surface area (Å²) in [6.45, 7) is 3.29. The van der Waals surface area contributed by atoms with E-state index >= 15 is 0 Å². The number of benzene rings is 1. The molecule has 1 aromatic carbocycles. The van der Waals surface area contributed by atoms with Crippen LogP contribution in [0.2, 0.25) is 5.15 Å². The highest BCUT2D eigenvalue weighted by molar-refractivity contribution is 6.32. The maximum Gasteiger partial charge on any atom is 0.257 e. The van der Waals surface area contributed by atoms with Gasteiger partial charge in [-0.05, 0) is 31.2 Å². The van der Waals surface area contributed by atoms with Crippen molar-refractivity contribution in [1.82, 2.24) is 9.88 Å². The first-order valence-electron chi connectivity index (χ1n) is 7.47. The van der Waals surface area contributed by atoms with Crippen LogP contribution in [0.1, 0.15) is 17.3 Å².